The molecular weight excluding hydrogens is 436 g/mol. The Morgan fingerprint density at radius 3 is 2.23 bits per heavy atom. The summed E-state index contributed by atoms with van der Waals surface area (Å²) in [7, 11) is 1.43. The van der Waals surface area contributed by atoms with Gasteiger partial charge in [0.05, 0.1) is 24.4 Å². The number of hydrogen-bond acceptors (Lipinski definition) is 4. The van der Waals surface area contributed by atoms with Crippen molar-refractivity contribution in [3.63, 3.8) is 0 Å². The van der Waals surface area contributed by atoms with Gasteiger partial charge in [-0.3, -0.25) is 0 Å². The van der Waals surface area contributed by atoms with E-state index in [1.807, 2.05) is 24.3 Å². The Morgan fingerprint density at radius 2 is 1.60 bits per heavy atom. The second-order valence-electron chi connectivity index (χ2n) is 11.7. The summed E-state index contributed by atoms with van der Waals surface area (Å²) in [6, 6.07) is 8.37. The number of anilines is 1. The van der Waals surface area contributed by atoms with Crippen molar-refractivity contribution in [1.82, 2.24) is 4.90 Å². The molecule has 6 nitrogen and oxygen atoms in total. The summed E-state index contributed by atoms with van der Waals surface area (Å²) in [6.07, 6.45) is 12.5. The van der Waals surface area contributed by atoms with Gasteiger partial charge in [0.2, 0.25) is 0 Å². The van der Waals surface area contributed by atoms with E-state index in [9.17, 15) is 4.79 Å². The molecule has 0 amide bonds. The third-order valence-corrected chi connectivity index (χ3v) is 8.43. The number of guanidine groups is 1. The zero-order valence-corrected chi connectivity index (χ0v) is 22.0. The highest BCUT2D eigenvalue weighted by Gasteiger charge is 2.29. The van der Waals surface area contributed by atoms with Crippen LogP contribution in [0, 0.1) is 23.7 Å². The number of nitrogens with one attached hydrogen (secondary N) is 1. The first kappa shape index (κ1) is 26.0. The molecule has 2 saturated carbocycles. The highest BCUT2D eigenvalue weighted by Crippen LogP contribution is 2.36. The Morgan fingerprint density at radius 1 is 1.00 bits per heavy atom. The summed E-state index contributed by atoms with van der Waals surface area (Å²) >= 11 is 0. The lowest BCUT2D eigenvalue weighted by molar-refractivity contribution is 0.0602. The van der Waals surface area contributed by atoms with E-state index in [0.29, 0.717) is 29.5 Å². The predicted octanol–water partition coefficient (Wildman–Crippen LogP) is 5.69. The number of piperidine rings is 1. The van der Waals surface area contributed by atoms with Crippen molar-refractivity contribution in [2.24, 2.45) is 34.4 Å². The molecule has 2 aliphatic carbocycles. The number of carbonyl (C=O) groups is 1. The zero-order chi connectivity index (χ0) is 24.8. The van der Waals surface area contributed by atoms with E-state index in [1.54, 1.807) is 0 Å². The monoisotopic (exact) mass is 482 g/mol. The van der Waals surface area contributed by atoms with Gasteiger partial charge in [-0.2, -0.15) is 0 Å². The fourth-order valence-electron chi connectivity index (χ4n) is 6.61. The molecule has 2 unspecified atom stereocenters. The Hall–Kier alpha value is -2.08. The normalized spacial score (nSPS) is 32.2. The third-order valence-electron chi connectivity index (χ3n) is 8.43. The molecule has 0 spiro atoms. The number of carbonyl (C=O) groups excluding carboxylic acids is 1. The minimum atomic E-state index is -0.322. The Balaban J connectivity index is 1.45. The largest absolute Gasteiger partial charge is 0.465 e. The SMILES string of the molecule is COC(=O)c1ccccc1NC(=NC1CCC(CC2CCC(N)CC2)CC1)N1CC(C)CC(C)C1. The lowest BCUT2D eigenvalue weighted by Crippen LogP contribution is -2.46. The Labute approximate surface area is 212 Å². The van der Waals surface area contributed by atoms with Gasteiger partial charge in [0.15, 0.2) is 5.96 Å². The lowest BCUT2D eigenvalue weighted by Gasteiger charge is -2.38. The van der Waals surface area contributed by atoms with Crippen molar-refractivity contribution in [1.29, 1.82) is 0 Å². The highest BCUT2D eigenvalue weighted by atomic mass is 16.5. The summed E-state index contributed by atoms with van der Waals surface area (Å²) in [6.45, 7) is 6.64. The summed E-state index contributed by atoms with van der Waals surface area (Å²) < 4.78 is 5.03. The molecule has 4 rings (SSSR count). The average molecular weight is 483 g/mol. The second kappa shape index (κ2) is 12.2. The molecule has 6 heteroatoms. The number of likely N-dealkylation sites (tertiary alicyclic amines) is 1. The molecule has 0 aromatic heterocycles. The number of hydrogen-bond donors (Lipinski definition) is 2. The number of nitrogens with zero attached hydrogens (tertiary/aromatic N) is 2. The second-order valence-corrected chi connectivity index (χ2v) is 11.7. The van der Waals surface area contributed by atoms with Crippen LogP contribution in [0.25, 0.3) is 0 Å². The number of rotatable bonds is 5. The topological polar surface area (TPSA) is 79.9 Å². The zero-order valence-electron chi connectivity index (χ0n) is 22.0. The summed E-state index contributed by atoms with van der Waals surface area (Å²) in [5, 5.41) is 3.57. The van der Waals surface area contributed by atoms with Gasteiger partial charge < -0.3 is 20.7 Å². The molecule has 194 valence electrons. The maximum atomic E-state index is 12.4. The summed E-state index contributed by atoms with van der Waals surface area (Å²) in [5.41, 5.74) is 7.44. The molecule has 1 heterocycles. The van der Waals surface area contributed by atoms with Crippen LogP contribution in [0.3, 0.4) is 0 Å². The fraction of sp³-hybridized carbons (Fsp3) is 0.724. The molecule has 3 fully saturated rings. The van der Waals surface area contributed by atoms with Gasteiger partial charge in [-0.1, -0.05) is 26.0 Å². The van der Waals surface area contributed by atoms with E-state index < -0.39 is 0 Å². The van der Waals surface area contributed by atoms with Crippen LogP contribution < -0.4 is 11.1 Å². The number of methoxy groups -OCH3 is 1. The van der Waals surface area contributed by atoms with Crippen molar-refractivity contribution in [3.8, 4) is 0 Å². The predicted molar refractivity (Wildman–Crippen MR) is 144 cm³/mol. The Kier molecular flexibility index (Phi) is 9.10. The summed E-state index contributed by atoms with van der Waals surface area (Å²) in [4.78, 5) is 20.1. The minimum absolute atomic E-state index is 0.322. The van der Waals surface area contributed by atoms with Crippen LogP contribution in [0.2, 0.25) is 0 Å². The first-order valence-electron chi connectivity index (χ1n) is 13.9. The van der Waals surface area contributed by atoms with Gasteiger partial charge in [-0.05, 0) is 100 Å². The smallest absolute Gasteiger partial charge is 0.339 e. The fourth-order valence-corrected chi connectivity index (χ4v) is 6.61. The van der Waals surface area contributed by atoms with Crippen LogP contribution in [0.1, 0.15) is 88.4 Å². The van der Waals surface area contributed by atoms with Gasteiger partial charge in [0.1, 0.15) is 0 Å². The number of ether oxygens (including phenoxy) is 1. The van der Waals surface area contributed by atoms with Crippen molar-refractivity contribution >= 4 is 17.6 Å². The quantitative estimate of drug-likeness (QED) is 0.320. The van der Waals surface area contributed by atoms with Crippen molar-refractivity contribution in [2.75, 3.05) is 25.5 Å². The van der Waals surface area contributed by atoms with Crippen molar-refractivity contribution in [3.05, 3.63) is 29.8 Å². The molecule has 0 bridgehead atoms. The molecule has 0 radical (unpaired) electrons. The van der Waals surface area contributed by atoms with Crippen molar-refractivity contribution < 1.29 is 9.53 Å². The number of nitrogens with two attached hydrogens (primary N) is 1. The minimum Gasteiger partial charge on any atom is -0.465 e. The number of esters is 1. The molecule has 1 aliphatic heterocycles. The number of para-hydroxylation sites is 1. The van der Waals surface area contributed by atoms with Crippen molar-refractivity contribution in [2.45, 2.75) is 90.1 Å². The first-order chi connectivity index (χ1) is 16.9. The molecule has 2 atom stereocenters. The number of benzene rings is 1. The molecule has 1 aromatic carbocycles. The van der Waals surface area contributed by atoms with E-state index in [4.69, 9.17) is 15.5 Å². The molecule has 3 N–H and O–H groups in total. The molecular formula is C29H46N4O2. The van der Waals surface area contributed by atoms with E-state index in [1.165, 1.54) is 58.5 Å². The molecule has 1 aromatic rings. The van der Waals surface area contributed by atoms with Crippen LogP contribution in [-0.4, -0.2) is 49.1 Å². The van der Waals surface area contributed by atoms with Crippen LogP contribution in [0.15, 0.2) is 29.3 Å². The number of aliphatic imine (C=N–C) groups is 1. The highest BCUT2D eigenvalue weighted by molar-refractivity contribution is 6.02. The van der Waals surface area contributed by atoms with Crippen LogP contribution in [0.4, 0.5) is 5.69 Å². The maximum Gasteiger partial charge on any atom is 0.339 e. The van der Waals surface area contributed by atoms with Gasteiger partial charge in [0, 0.05) is 19.1 Å². The molecule has 3 aliphatic rings. The first-order valence-corrected chi connectivity index (χ1v) is 13.9. The van der Waals surface area contributed by atoms with E-state index in [0.717, 1.165) is 49.4 Å². The standard InChI is InChI=1S/C29H46N4O2/c1-20-16-21(2)19-33(18-20)29(32-27-7-5-4-6-26(27)28(34)35-3)31-25-14-10-23(11-15-25)17-22-8-12-24(30)13-9-22/h4-7,20-25H,8-19,30H2,1-3H3,(H,31,32). The van der Waals surface area contributed by atoms with E-state index >= 15 is 0 Å². The Bertz CT molecular complexity index is 846. The lowest BCUT2D eigenvalue weighted by atomic mass is 9.76. The third kappa shape index (κ3) is 7.22. The van der Waals surface area contributed by atoms with Gasteiger partial charge in [0.25, 0.3) is 0 Å². The average Bonchev–Trinajstić information content (AvgIpc) is 2.85. The molecule has 35 heavy (non-hydrogen) atoms. The van der Waals surface area contributed by atoms with Gasteiger partial charge in [-0.15, -0.1) is 0 Å². The van der Waals surface area contributed by atoms with E-state index in [-0.39, 0.29) is 5.97 Å². The van der Waals surface area contributed by atoms with Crippen LogP contribution in [-0.2, 0) is 4.74 Å². The van der Waals surface area contributed by atoms with Gasteiger partial charge >= 0.3 is 5.97 Å². The van der Waals surface area contributed by atoms with Gasteiger partial charge in [-0.25, -0.2) is 9.79 Å². The molecule has 1 saturated heterocycles. The van der Waals surface area contributed by atoms with Crippen LogP contribution >= 0.6 is 0 Å². The summed E-state index contributed by atoms with van der Waals surface area (Å²) in [5.74, 6) is 3.57. The van der Waals surface area contributed by atoms with Crippen LogP contribution in [0.5, 0.6) is 0 Å². The van der Waals surface area contributed by atoms with E-state index in [2.05, 4.69) is 24.1 Å². The maximum absolute atomic E-state index is 12.4.